The highest BCUT2D eigenvalue weighted by Crippen LogP contribution is 2.37. The molecule has 4 heteroatoms. The fraction of sp³-hybridized carbons (Fsp3) is 0. The Labute approximate surface area is 110 Å². The summed E-state index contributed by atoms with van der Waals surface area (Å²) in [6.45, 7) is 0. The number of hydrogen-bond acceptors (Lipinski definition) is 3. The van der Waals surface area contributed by atoms with Gasteiger partial charge >= 0.3 is 0 Å². The van der Waals surface area contributed by atoms with Crippen LogP contribution in [0.1, 0.15) is 5.56 Å². The monoisotopic (exact) mass is 252 g/mol. The normalized spacial score (nSPS) is 12.4. The highest BCUT2D eigenvalue weighted by Gasteiger charge is 2.20. The lowest BCUT2D eigenvalue weighted by Crippen LogP contribution is -2.31. The van der Waals surface area contributed by atoms with Gasteiger partial charge in [0.25, 0.3) is 5.91 Å². The zero-order valence-electron chi connectivity index (χ0n) is 10.1. The van der Waals surface area contributed by atoms with Crippen LogP contribution in [0.25, 0.3) is 16.7 Å². The molecule has 0 aliphatic carbocycles. The second-order valence-electron chi connectivity index (χ2n) is 4.16. The minimum absolute atomic E-state index is 0.375. The van der Waals surface area contributed by atoms with Gasteiger partial charge in [-0.1, -0.05) is 42.5 Å². The number of para-hydroxylation sites is 1. The zero-order valence-corrected chi connectivity index (χ0v) is 10.1. The van der Waals surface area contributed by atoms with Crippen LogP contribution in [0.15, 0.2) is 54.8 Å². The molecule has 4 nitrogen and oxygen atoms in total. The summed E-state index contributed by atoms with van der Waals surface area (Å²) in [5.41, 5.74) is 5.26. The summed E-state index contributed by atoms with van der Waals surface area (Å²) >= 11 is 0. The van der Waals surface area contributed by atoms with Crippen molar-refractivity contribution in [3.8, 4) is 16.9 Å². The van der Waals surface area contributed by atoms with E-state index in [0.29, 0.717) is 5.57 Å². The third-order valence-electron chi connectivity index (χ3n) is 3.07. The van der Waals surface area contributed by atoms with Crippen molar-refractivity contribution < 1.29 is 9.53 Å². The van der Waals surface area contributed by atoms with Gasteiger partial charge in [-0.15, -0.1) is 0 Å². The van der Waals surface area contributed by atoms with Crippen molar-refractivity contribution >= 4 is 11.5 Å². The Hall–Kier alpha value is -2.59. The summed E-state index contributed by atoms with van der Waals surface area (Å²) in [4.78, 5) is 11.8. The maximum Gasteiger partial charge on any atom is 0.268 e. The van der Waals surface area contributed by atoms with E-state index in [0.717, 1.165) is 22.4 Å². The van der Waals surface area contributed by atoms with E-state index in [1.165, 1.54) is 6.26 Å². The SMILES string of the molecule is NNC(=O)C1=COc2ccccc2-c2ccccc21. The predicted octanol–water partition coefficient (Wildman–Crippen LogP) is 2.08. The van der Waals surface area contributed by atoms with E-state index >= 15 is 0 Å². The summed E-state index contributed by atoms with van der Waals surface area (Å²) in [5.74, 6) is 5.56. The summed E-state index contributed by atoms with van der Waals surface area (Å²) in [6, 6.07) is 15.3. The van der Waals surface area contributed by atoms with E-state index in [1.54, 1.807) is 0 Å². The van der Waals surface area contributed by atoms with E-state index in [9.17, 15) is 4.79 Å². The van der Waals surface area contributed by atoms with Gasteiger partial charge < -0.3 is 4.74 Å². The van der Waals surface area contributed by atoms with Gasteiger partial charge in [0.05, 0.1) is 5.57 Å². The molecule has 0 spiro atoms. The number of carbonyl (C=O) groups is 1. The molecule has 0 atom stereocenters. The molecule has 0 radical (unpaired) electrons. The van der Waals surface area contributed by atoms with Gasteiger partial charge in [-0.25, -0.2) is 5.84 Å². The average molecular weight is 252 g/mol. The highest BCUT2D eigenvalue weighted by atomic mass is 16.5. The lowest BCUT2D eigenvalue weighted by Gasteiger charge is -2.09. The predicted molar refractivity (Wildman–Crippen MR) is 72.8 cm³/mol. The number of nitrogens with two attached hydrogens (primary N) is 1. The molecular formula is C15H12N2O2. The van der Waals surface area contributed by atoms with Crippen LogP contribution in [-0.2, 0) is 4.79 Å². The Balaban J connectivity index is 2.27. The van der Waals surface area contributed by atoms with E-state index in [1.807, 2.05) is 48.5 Å². The molecule has 1 amide bonds. The molecule has 1 heterocycles. The Bertz CT molecular complexity index is 677. The average Bonchev–Trinajstić information content (AvgIpc) is 2.64. The number of hydrogen-bond donors (Lipinski definition) is 2. The van der Waals surface area contributed by atoms with Gasteiger partial charge in [0.15, 0.2) is 0 Å². The molecule has 2 aromatic rings. The molecule has 0 bridgehead atoms. The van der Waals surface area contributed by atoms with Crippen molar-refractivity contribution in [2.45, 2.75) is 0 Å². The van der Waals surface area contributed by atoms with Crippen LogP contribution in [0.3, 0.4) is 0 Å². The number of hydrazine groups is 1. The van der Waals surface area contributed by atoms with E-state index in [-0.39, 0.29) is 5.91 Å². The van der Waals surface area contributed by atoms with E-state index in [2.05, 4.69) is 5.43 Å². The molecule has 0 aromatic heterocycles. The zero-order chi connectivity index (χ0) is 13.2. The van der Waals surface area contributed by atoms with Gasteiger partial charge in [-0.05, 0) is 17.2 Å². The van der Waals surface area contributed by atoms with E-state index in [4.69, 9.17) is 10.6 Å². The highest BCUT2D eigenvalue weighted by molar-refractivity contribution is 6.21. The molecule has 19 heavy (non-hydrogen) atoms. The Morgan fingerprint density at radius 2 is 1.58 bits per heavy atom. The molecule has 1 aliphatic rings. The van der Waals surface area contributed by atoms with Crippen LogP contribution in [0, 0.1) is 0 Å². The Morgan fingerprint density at radius 3 is 2.32 bits per heavy atom. The fourth-order valence-corrected chi connectivity index (χ4v) is 2.18. The minimum Gasteiger partial charge on any atom is -0.463 e. The Kier molecular flexibility index (Phi) is 2.78. The smallest absolute Gasteiger partial charge is 0.268 e. The molecule has 0 saturated carbocycles. The standard InChI is InChI=1S/C15H12N2O2/c16-17-15(18)13-9-19-14-8-4-3-7-12(14)10-5-1-2-6-11(10)13/h1-9H,16H2,(H,17,18). The maximum absolute atomic E-state index is 11.8. The molecule has 0 saturated heterocycles. The molecule has 3 N–H and O–H groups in total. The topological polar surface area (TPSA) is 64.3 Å². The van der Waals surface area contributed by atoms with Gasteiger partial charge in [0.1, 0.15) is 12.0 Å². The van der Waals surface area contributed by atoms with Gasteiger partial charge in [-0.3, -0.25) is 10.2 Å². The van der Waals surface area contributed by atoms with E-state index < -0.39 is 0 Å². The third-order valence-corrected chi connectivity index (χ3v) is 3.07. The van der Waals surface area contributed by atoms with Crippen molar-refractivity contribution in [2.75, 3.05) is 0 Å². The molecule has 2 aromatic carbocycles. The fourth-order valence-electron chi connectivity index (χ4n) is 2.18. The van der Waals surface area contributed by atoms with Crippen molar-refractivity contribution in [1.82, 2.24) is 5.43 Å². The van der Waals surface area contributed by atoms with Crippen LogP contribution >= 0.6 is 0 Å². The van der Waals surface area contributed by atoms with Crippen molar-refractivity contribution in [1.29, 1.82) is 0 Å². The first kappa shape index (κ1) is 11.5. The van der Waals surface area contributed by atoms with Crippen molar-refractivity contribution in [2.24, 2.45) is 5.84 Å². The number of rotatable bonds is 1. The second kappa shape index (κ2) is 4.59. The second-order valence-corrected chi connectivity index (χ2v) is 4.16. The molecule has 0 fully saturated rings. The minimum atomic E-state index is -0.375. The lowest BCUT2D eigenvalue weighted by molar-refractivity contribution is -0.115. The van der Waals surface area contributed by atoms with Gasteiger partial charge in [-0.2, -0.15) is 0 Å². The number of carbonyl (C=O) groups excluding carboxylic acids is 1. The first-order valence-corrected chi connectivity index (χ1v) is 5.88. The lowest BCUT2D eigenvalue weighted by atomic mass is 9.95. The first-order valence-electron chi connectivity index (χ1n) is 5.88. The summed E-state index contributed by atoms with van der Waals surface area (Å²) < 4.78 is 5.59. The van der Waals surface area contributed by atoms with Crippen LogP contribution < -0.4 is 16.0 Å². The molecule has 3 rings (SSSR count). The molecule has 0 unspecified atom stereocenters. The van der Waals surface area contributed by atoms with Crippen LogP contribution in [0.4, 0.5) is 0 Å². The number of amides is 1. The third kappa shape index (κ3) is 1.88. The summed E-state index contributed by atoms with van der Waals surface area (Å²) in [7, 11) is 0. The summed E-state index contributed by atoms with van der Waals surface area (Å²) in [6.07, 6.45) is 1.44. The number of benzene rings is 2. The van der Waals surface area contributed by atoms with Crippen LogP contribution in [-0.4, -0.2) is 5.91 Å². The number of ether oxygens (including phenoxy) is 1. The maximum atomic E-state index is 11.8. The van der Waals surface area contributed by atoms with Crippen molar-refractivity contribution in [3.05, 3.63) is 60.4 Å². The molecule has 1 aliphatic heterocycles. The molecule has 94 valence electrons. The number of nitrogens with one attached hydrogen (secondary N) is 1. The molecular weight excluding hydrogens is 240 g/mol. The van der Waals surface area contributed by atoms with Crippen LogP contribution in [0.2, 0.25) is 0 Å². The van der Waals surface area contributed by atoms with Gasteiger partial charge in [0, 0.05) is 5.56 Å². The largest absolute Gasteiger partial charge is 0.463 e. The number of fused-ring (bicyclic) bond motifs is 3. The van der Waals surface area contributed by atoms with Crippen molar-refractivity contribution in [3.63, 3.8) is 0 Å². The van der Waals surface area contributed by atoms with Gasteiger partial charge in [0.2, 0.25) is 0 Å². The van der Waals surface area contributed by atoms with Crippen LogP contribution in [0.5, 0.6) is 5.75 Å². The Morgan fingerprint density at radius 1 is 0.947 bits per heavy atom. The first-order chi connectivity index (χ1) is 9.31. The summed E-state index contributed by atoms with van der Waals surface area (Å²) in [5, 5.41) is 0. The quantitative estimate of drug-likeness (QED) is 0.464.